The molecule has 3 aromatic rings. The van der Waals surface area contributed by atoms with Crippen molar-refractivity contribution < 1.29 is 14.7 Å². The number of hydrogen-bond acceptors (Lipinski definition) is 2. The van der Waals surface area contributed by atoms with Crippen molar-refractivity contribution in [3.05, 3.63) is 83.9 Å². The molecule has 1 amide bonds. The molecule has 3 rings (SSSR count). The van der Waals surface area contributed by atoms with Gasteiger partial charge in [0.25, 0.3) is 0 Å². The van der Waals surface area contributed by atoms with Crippen molar-refractivity contribution in [2.75, 3.05) is 6.54 Å². The molecule has 3 aromatic carbocycles. The zero-order valence-electron chi connectivity index (χ0n) is 15.1. The molecule has 4 heteroatoms. The summed E-state index contributed by atoms with van der Waals surface area (Å²) in [4.78, 5) is 23.9. The Balaban J connectivity index is 1.60. The maximum atomic E-state index is 12.2. The number of amides is 1. The number of carbonyl (C=O) groups is 2. The topological polar surface area (TPSA) is 66.4 Å². The molecule has 2 N–H and O–H groups in total. The van der Waals surface area contributed by atoms with Crippen LogP contribution >= 0.6 is 0 Å². The summed E-state index contributed by atoms with van der Waals surface area (Å²) in [6.45, 7) is 0.503. The van der Waals surface area contributed by atoms with Crippen LogP contribution in [0.1, 0.15) is 17.5 Å². The van der Waals surface area contributed by atoms with E-state index in [-0.39, 0.29) is 12.3 Å². The van der Waals surface area contributed by atoms with Crippen LogP contribution in [0.25, 0.3) is 10.8 Å². The van der Waals surface area contributed by atoms with E-state index in [9.17, 15) is 14.7 Å². The van der Waals surface area contributed by atoms with Crippen LogP contribution in [0.2, 0.25) is 0 Å². The Bertz CT molecular complexity index is 916. The van der Waals surface area contributed by atoms with Gasteiger partial charge < -0.3 is 10.4 Å². The Morgan fingerprint density at radius 1 is 0.889 bits per heavy atom. The van der Waals surface area contributed by atoms with Crippen LogP contribution < -0.4 is 5.32 Å². The first-order valence-electron chi connectivity index (χ1n) is 9.13. The van der Waals surface area contributed by atoms with E-state index in [1.165, 1.54) is 0 Å². The molecular weight excluding hydrogens is 338 g/mol. The minimum Gasteiger partial charge on any atom is -0.481 e. The largest absolute Gasteiger partial charge is 0.481 e. The summed E-state index contributed by atoms with van der Waals surface area (Å²) < 4.78 is 0. The van der Waals surface area contributed by atoms with Crippen molar-refractivity contribution >= 4 is 22.6 Å². The smallest absolute Gasteiger partial charge is 0.307 e. The second-order valence-corrected chi connectivity index (χ2v) is 6.67. The SMILES string of the molecule is O=C(CC(Cc1cccc2ccccc12)C(=O)O)NCCc1ccccc1. The second-order valence-electron chi connectivity index (χ2n) is 6.67. The van der Waals surface area contributed by atoms with Gasteiger partial charge in [-0.3, -0.25) is 9.59 Å². The monoisotopic (exact) mass is 361 g/mol. The van der Waals surface area contributed by atoms with Gasteiger partial charge in [0.15, 0.2) is 0 Å². The number of aliphatic carboxylic acids is 1. The molecule has 27 heavy (non-hydrogen) atoms. The van der Waals surface area contributed by atoms with Crippen molar-refractivity contribution in [2.24, 2.45) is 5.92 Å². The first-order chi connectivity index (χ1) is 13.1. The van der Waals surface area contributed by atoms with Crippen LogP contribution in [0.5, 0.6) is 0 Å². The van der Waals surface area contributed by atoms with Gasteiger partial charge in [0, 0.05) is 13.0 Å². The van der Waals surface area contributed by atoms with Gasteiger partial charge in [0.1, 0.15) is 0 Å². The molecule has 0 aliphatic carbocycles. The minimum absolute atomic E-state index is 0.0205. The standard InChI is InChI=1S/C23H23NO3/c25-22(24-14-13-17-7-2-1-3-8-17)16-20(23(26)27)15-19-11-6-10-18-9-4-5-12-21(18)19/h1-12,20H,13-16H2,(H,24,25)(H,26,27). The Morgan fingerprint density at radius 2 is 1.59 bits per heavy atom. The van der Waals surface area contributed by atoms with E-state index >= 15 is 0 Å². The van der Waals surface area contributed by atoms with Gasteiger partial charge in [-0.25, -0.2) is 0 Å². The number of carbonyl (C=O) groups excluding carboxylic acids is 1. The van der Waals surface area contributed by atoms with E-state index in [2.05, 4.69) is 5.32 Å². The van der Waals surface area contributed by atoms with E-state index in [1.54, 1.807) is 0 Å². The highest BCUT2D eigenvalue weighted by molar-refractivity contribution is 5.87. The molecule has 0 saturated carbocycles. The van der Waals surface area contributed by atoms with Gasteiger partial charge in [-0.15, -0.1) is 0 Å². The highest BCUT2D eigenvalue weighted by Gasteiger charge is 2.22. The van der Waals surface area contributed by atoms with Crippen LogP contribution in [0.15, 0.2) is 72.8 Å². The van der Waals surface area contributed by atoms with Crippen molar-refractivity contribution in [3.8, 4) is 0 Å². The minimum atomic E-state index is -0.943. The van der Waals surface area contributed by atoms with Gasteiger partial charge in [0.05, 0.1) is 5.92 Å². The summed E-state index contributed by atoms with van der Waals surface area (Å²) in [6.07, 6.45) is 1.05. The van der Waals surface area contributed by atoms with E-state index in [1.807, 2.05) is 72.8 Å². The van der Waals surface area contributed by atoms with Crippen molar-refractivity contribution in [1.29, 1.82) is 0 Å². The molecule has 4 nitrogen and oxygen atoms in total. The van der Waals surface area contributed by atoms with Gasteiger partial charge in [0.2, 0.25) is 5.91 Å². The quantitative estimate of drug-likeness (QED) is 0.641. The fraction of sp³-hybridized carbons (Fsp3) is 0.217. The fourth-order valence-electron chi connectivity index (χ4n) is 3.27. The maximum Gasteiger partial charge on any atom is 0.307 e. The molecule has 0 aliphatic rings. The van der Waals surface area contributed by atoms with Crippen LogP contribution in [0.4, 0.5) is 0 Å². The molecule has 0 bridgehead atoms. The van der Waals surface area contributed by atoms with E-state index < -0.39 is 11.9 Å². The molecule has 0 saturated heterocycles. The maximum absolute atomic E-state index is 12.2. The Labute approximate surface area is 158 Å². The van der Waals surface area contributed by atoms with Gasteiger partial charge in [-0.05, 0) is 34.7 Å². The lowest BCUT2D eigenvalue weighted by Gasteiger charge is -2.14. The first-order valence-corrected chi connectivity index (χ1v) is 9.13. The molecule has 0 radical (unpaired) electrons. The number of nitrogens with one attached hydrogen (secondary N) is 1. The Morgan fingerprint density at radius 3 is 2.37 bits per heavy atom. The number of rotatable bonds is 8. The normalized spacial score (nSPS) is 11.9. The van der Waals surface area contributed by atoms with Crippen molar-refractivity contribution in [1.82, 2.24) is 5.32 Å². The summed E-state index contributed by atoms with van der Waals surface area (Å²) in [5.74, 6) is -1.91. The Hall–Kier alpha value is -3.14. The fourth-order valence-corrected chi connectivity index (χ4v) is 3.27. The summed E-state index contributed by atoms with van der Waals surface area (Å²) in [7, 11) is 0. The van der Waals surface area contributed by atoms with E-state index in [4.69, 9.17) is 0 Å². The average molecular weight is 361 g/mol. The van der Waals surface area contributed by atoms with E-state index in [0.717, 1.165) is 28.3 Å². The lowest BCUT2D eigenvalue weighted by molar-refractivity contribution is -0.144. The predicted octanol–water partition coefficient (Wildman–Crippen LogP) is 3.83. The van der Waals surface area contributed by atoms with Crippen LogP contribution in [0, 0.1) is 5.92 Å². The van der Waals surface area contributed by atoms with Gasteiger partial charge >= 0.3 is 5.97 Å². The third-order valence-corrected chi connectivity index (χ3v) is 4.71. The molecule has 0 heterocycles. The van der Waals surface area contributed by atoms with Gasteiger partial charge in [-0.1, -0.05) is 72.8 Å². The molecule has 0 fully saturated rings. The summed E-state index contributed by atoms with van der Waals surface area (Å²) in [5.41, 5.74) is 2.10. The molecule has 1 unspecified atom stereocenters. The third-order valence-electron chi connectivity index (χ3n) is 4.71. The Kier molecular flexibility index (Phi) is 6.21. The summed E-state index contributed by atoms with van der Waals surface area (Å²) in [5, 5.41) is 14.5. The van der Waals surface area contributed by atoms with Crippen LogP contribution in [0.3, 0.4) is 0 Å². The highest BCUT2D eigenvalue weighted by atomic mass is 16.4. The van der Waals surface area contributed by atoms with Crippen LogP contribution in [-0.4, -0.2) is 23.5 Å². The zero-order chi connectivity index (χ0) is 19.1. The molecular formula is C23H23NO3. The number of carboxylic acid groups (broad SMARTS) is 1. The second kappa shape index (κ2) is 8.99. The third kappa shape index (κ3) is 5.17. The summed E-state index contributed by atoms with van der Waals surface area (Å²) in [6, 6.07) is 23.6. The highest BCUT2D eigenvalue weighted by Crippen LogP contribution is 2.22. The number of hydrogen-bond donors (Lipinski definition) is 2. The molecule has 0 spiro atoms. The number of benzene rings is 3. The zero-order valence-corrected chi connectivity index (χ0v) is 15.1. The van der Waals surface area contributed by atoms with Gasteiger partial charge in [-0.2, -0.15) is 0 Å². The molecule has 0 aromatic heterocycles. The molecule has 1 atom stereocenters. The van der Waals surface area contributed by atoms with Crippen molar-refractivity contribution in [2.45, 2.75) is 19.3 Å². The molecule has 138 valence electrons. The predicted molar refractivity (Wildman–Crippen MR) is 107 cm³/mol. The summed E-state index contributed by atoms with van der Waals surface area (Å²) >= 11 is 0. The number of carboxylic acids is 1. The average Bonchev–Trinajstić information content (AvgIpc) is 2.68. The van der Waals surface area contributed by atoms with Crippen molar-refractivity contribution in [3.63, 3.8) is 0 Å². The first kappa shape index (κ1) is 18.6. The lowest BCUT2D eigenvalue weighted by atomic mass is 9.92. The molecule has 0 aliphatic heterocycles. The lowest BCUT2D eigenvalue weighted by Crippen LogP contribution is -2.30. The number of fused-ring (bicyclic) bond motifs is 1. The van der Waals surface area contributed by atoms with Crippen LogP contribution in [-0.2, 0) is 22.4 Å². The van der Waals surface area contributed by atoms with E-state index in [0.29, 0.717) is 13.0 Å².